The van der Waals surface area contributed by atoms with Gasteiger partial charge in [-0.15, -0.1) is 11.3 Å². The minimum Gasteiger partial charge on any atom is -0.465 e. The molecule has 3 heterocycles. The van der Waals surface area contributed by atoms with Crippen LogP contribution in [0.4, 0.5) is 11.5 Å². The van der Waals surface area contributed by atoms with Gasteiger partial charge in [0.1, 0.15) is 16.5 Å². The maximum atomic E-state index is 13.1. The molecular formula is C22H24N4O3S. The van der Waals surface area contributed by atoms with Crippen LogP contribution in [-0.4, -0.2) is 42.0 Å². The van der Waals surface area contributed by atoms with E-state index in [4.69, 9.17) is 9.72 Å². The van der Waals surface area contributed by atoms with Crippen molar-refractivity contribution in [3.63, 3.8) is 0 Å². The molecule has 0 unspecified atom stereocenters. The van der Waals surface area contributed by atoms with Crippen molar-refractivity contribution in [3.8, 4) is 0 Å². The Morgan fingerprint density at radius 2 is 1.83 bits per heavy atom. The molecule has 0 saturated carbocycles. The maximum Gasteiger partial charge on any atom is 0.339 e. The van der Waals surface area contributed by atoms with Crippen LogP contribution in [0.5, 0.6) is 0 Å². The van der Waals surface area contributed by atoms with Crippen LogP contribution in [0.1, 0.15) is 50.7 Å². The fraction of sp³-hybridized carbons (Fsp3) is 0.364. The number of nitrogens with one attached hydrogen (secondary N) is 1. The smallest absolute Gasteiger partial charge is 0.339 e. The number of benzene rings is 1. The summed E-state index contributed by atoms with van der Waals surface area (Å²) in [6, 6.07) is 6.82. The number of aromatic nitrogens is 2. The number of anilines is 2. The highest BCUT2D eigenvalue weighted by Crippen LogP contribution is 2.36. The second-order valence-electron chi connectivity index (χ2n) is 7.37. The molecule has 1 fully saturated rings. The maximum absolute atomic E-state index is 13.1. The summed E-state index contributed by atoms with van der Waals surface area (Å²) < 4.78 is 4.82. The van der Waals surface area contributed by atoms with E-state index in [1.54, 1.807) is 24.3 Å². The summed E-state index contributed by atoms with van der Waals surface area (Å²) in [5, 5.41) is 3.81. The highest BCUT2D eigenvalue weighted by molar-refractivity contribution is 7.20. The zero-order valence-corrected chi connectivity index (χ0v) is 18.1. The van der Waals surface area contributed by atoms with Gasteiger partial charge in [-0.25, -0.2) is 14.8 Å². The number of thiophene rings is 1. The molecule has 0 bridgehead atoms. The van der Waals surface area contributed by atoms with E-state index >= 15 is 0 Å². The Kier molecular flexibility index (Phi) is 5.67. The third-order valence-electron chi connectivity index (χ3n) is 5.33. The van der Waals surface area contributed by atoms with Crippen molar-refractivity contribution in [1.82, 2.24) is 9.97 Å². The van der Waals surface area contributed by atoms with Gasteiger partial charge in [0.05, 0.1) is 28.6 Å². The molecule has 2 aromatic heterocycles. The van der Waals surface area contributed by atoms with E-state index in [9.17, 15) is 9.59 Å². The first-order chi connectivity index (χ1) is 14.5. The lowest BCUT2D eigenvalue weighted by Gasteiger charge is -2.28. The summed E-state index contributed by atoms with van der Waals surface area (Å²) in [7, 11) is 1.32. The van der Waals surface area contributed by atoms with Gasteiger partial charge in [0, 0.05) is 13.1 Å². The van der Waals surface area contributed by atoms with Crippen molar-refractivity contribution in [3.05, 3.63) is 46.1 Å². The minimum absolute atomic E-state index is 0.269. The summed E-state index contributed by atoms with van der Waals surface area (Å²) in [6.45, 7) is 5.75. The molecule has 1 saturated heterocycles. The number of esters is 1. The van der Waals surface area contributed by atoms with Crippen LogP contribution in [0, 0.1) is 13.8 Å². The summed E-state index contributed by atoms with van der Waals surface area (Å²) in [5.74, 6) is 0.856. The lowest BCUT2D eigenvalue weighted by molar-refractivity contribution is 0.0602. The summed E-state index contributed by atoms with van der Waals surface area (Å²) in [6.07, 6.45) is 3.52. The van der Waals surface area contributed by atoms with Crippen LogP contribution in [0.3, 0.4) is 0 Å². The Labute approximate surface area is 179 Å². The molecule has 0 aliphatic carbocycles. The Morgan fingerprint density at radius 3 is 2.57 bits per heavy atom. The number of amides is 1. The Bertz CT molecular complexity index is 1120. The van der Waals surface area contributed by atoms with E-state index in [1.807, 2.05) is 13.8 Å². The van der Waals surface area contributed by atoms with Gasteiger partial charge in [0.25, 0.3) is 5.91 Å². The lowest BCUT2D eigenvalue weighted by atomic mass is 10.1. The number of hydrogen-bond donors (Lipinski definition) is 1. The van der Waals surface area contributed by atoms with Gasteiger partial charge in [-0.05, 0) is 50.8 Å². The summed E-state index contributed by atoms with van der Waals surface area (Å²) in [5.41, 5.74) is 1.60. The third kappa shape index (κ3) is 3.75. The number of ether oxygens (including phenoxy) is 1. The topological polar surface area (TPSA) is 84.4 Å². The number of carbonyl (C=O) groups excluding carboxylic acids is 2. The normalized spacial score (nSPS) is 14.0. The van der Waals surface area contributed by atoms with E-state index in [1.165, 1.54) is 24.9 Å². The van der Waals surface area contributed by atoms with Crippen LogP contribution in [0.2, 0.25) is 0 Å². The molecule has 7 nitrogen and oxygen atoms in total. The fourth-order valence-corrected chi connectivity index (χ4v) is 4.95. The lowest BCUT2D eigenvalue weighted by Crippen LogP contribution is -2.30. The second-order valence-corrected chi connectivity index (χ2v) is 8.37. The van der Waals surface area contributed by atoms with Crippen molar-refractivity contribution in [1.29, 1.82) is 0 Å². The van der Waals surface area contributed by atoms with E-state index in [2.05, 4.69) is 15.2 Å². The van der Waals surface area contributed by atoms with Gasteiger partial charge in [0.15, 0.2) is 0 Å². The van der Waals surface area contributed by atoms with E-state index in [0.717, 1.165) is 47.5 Å². The van der Waals surface area contributed by atoms with Crippen molar-refractivity contribution < 1.29 is 14.3 Å². The highest BCUT2D eigenvalue weighted by Gasteiger charge is 2.24. The molecular weight excluding hydrogens is 400 g/mol. The molecule has 30 heavy (non-hydrogen) atoms. The molecule has 0 atom stereocenters. The molecule has 1 aliphatic rings. The zero-order valence-electron chi connectivity index (χ0n) is 17.3. The van der Waals surface area contributed by atoms with Gasteiger partial charge >= 0.3 is 5.97 Å². The molecule has 1 aliphatic heterocycles. The number of nitrogens with zero attached hydrogens (tertiary/aromatic N) is 3. The Hall–Kier alpha value is -3.00. The SMILES string of the molecule is COC(=O)c1ccccc1NC(=O)c1sc2nc(C)nc(N3CCCCC3)c2c1C. The monoisotopic (exact) mass is 424 g/mol. The average Bonchev–Trinajstić information content (AvgIpc) is 3.10. The summed E-state index contributed by atoms with van der Waals surface area (Å²) >= 11 is 1.36. The van der Waals surface area contributed by atoms with Crippen LogP contribution >= 0.6 is 11.3 Å². The first-order valence-corrected chi connectivity index (χ1v) is 10.8. The predicted molar refractivity (Wildman–Crippen MR) is 119 cm³/mol. The quantitative estimate of drug-likeness (QED) is 0.627. The van der Waals surface area contributed by atoms with Crippen molar-refractivity contribution in [2.24, 2.45) is 0 Å². The first kappa shape index (κ1) is 20.3. The van der Waals surface area contributed by atoms with Gasteiger partial charge < -0.3 is 15.0 Å². The first-order valence-electron chi connectivity index (χ1n) is 10.0. The fourth-order valence-electron chi connectivity index (χ4n) is 3.83. The van der Waals surface area contributed by atoms with Gasteiger partial charge in [-0.3, -0.25) is 4.79 Å². The molecule has 1 amide bonds. The molecule has 0 radical (unpaired) electrons. The number of aryl methyl sites for hydroxylation is 2. The number of para-hydroxylation sites is 1. The van der Waals surface area contributed by atoms with E-state index in [0.29, 0.717) is 22.0 Å². The largest absolute Gasteiger partial charge is 0.465 e. The molecule has 8 heteroatoms. The van der Waals surface area contributed by atoms with Crippen molar-refractivity contribution >= 4 is 44.9 Å². The highest BCUT2D eigenvalue weighted by atomic mass is 32.1. The number of rotatable bonds is 4. The van der Waals surface area contributed by atoms with Crippen LogP contribution in [-0.2, 0) is 4.74 Å². The number of methoxy groups -OCH3 is 1. The van der Waals surface area contributed by atoms with E-state index < -0.39 is 5.97 Å². The molecule has 156 valence electrons. The number of hydrogen-bond acceptors (Lipinski definition) is 7. The van der Waals surface area contributed by atoms with Gasteiger partial charge in [0.2, 0.25) is 0 Å². The van der Waals surface area contributed by atoms with Crippen molar-refractivity contribution in [2.45, 2.75) is 33.1 Å². The predicted octanol–water partition coefficient (Wildman–Crippen LogP) is 4.34. The standard InChI is InChI=1S/C22H24N4O3S/c1-13-17-19(26-11-7-4-8-12-26)23-14(2)24-21(17)30-18(13)20(27)25-16-10-6-5-9-15(16)22(28)29-3/h5-6,9-10H,4,7-8,11-12H2,1-3H3,(H,25,27). The zero-order chi connectivity index (χ0) is 21.3. The molecule has 1 N–H and O–H groups in total. The third-order valence-corrected chi connectivity index (χ3v) is 6.51. The van der Waals surface area contributed by atoms with Gasteiger partial charge in [-0.1, -0.05) is 12.1 Å². The number of fused-ring (bicyclic) bond motifs is 1. The second kappa shape index (κ2) is 8.39. The molecule has 3 aromatic rings. The molecule has 0 spiro atoms. The molecule has 1 aromatic carbocycles. The Balaban J connectivity index is 1.73. The van der Waals surface area contributed by atoms with Crippen LogP contribution < -0.4 is 10.2 Å². The molecule has 4 rings (SSSR count). The van der Waals surface area contributed by atoms with Crippen LogP contribution in [0.25, 0.3) is 10.2 Å². The summed E-state index contributed by atoms with van der Waals surface area (Å²) in [4.78, 5) is 38.1. The van der Waals surface area contributed by atoms with Gasteiger partial charge in [-0.2, -0.15) is 0 Å². The van der Waals surface area contributed by atoms with E-state index in [-0.39, 0.29) is 5.91 Å². The minimum atomic E-state index is -0.493. The number of carbonyl (C=O) groups is 2. The Morgan fingerprint density at radius 1 is 1.10 bits per heavy atom. The van der Waals surface area contributed by atoms with Crippen molar-refractivity contribution in [2.75, 3.05) is 30.4 Å². The van der Waals surface area contributed by atoms with Crippen LogP contribution in [0.15, 0.2) is 24.3 Å². The average molecular weight is 425 g/mol. The number of piperidine rings is 1.